The molecule has 0 aliphatic rings. The Morgan fingerprint density at radius 3 is 2.53 bits per heavy atom. The van der Waals surface area contributed by atoms with Crippen LogP contribution >= 0.6 is 22.6 Å². The Balaban J connectivity index is 2.79. The molecule has 0 radical (unpaired) electrons. The molecule has 0 aliphatic carbocycles. The van der Waals surface area contributed by atoms with Crippen molar-refractivity contribution in [3.8, 4) is 0 Å². The zero-order valence-electron chi connectivity index (χ0n) is 11.4. The average molecular weight is 380 g/mol. The van der Waals surface area contributed by atoms with Crippen LogP contribution in [0.3, 0.4) is 0 Å². The lowest BCUT2D eigenvalue weighted by atomic mass is 10.1. The topological polar surface area (TPSA) is 64.3 Å². The minimum atomic E-state index is -0.550. The zero-order valence-corrected chi connectivity index (χ0v) is 13.5. The predicted molar refractivity (Wildman–Crippen MR) is 81.3 cm³/mol. The van der Waals surface area contributed by atoms with Crippen LogP contribution in [0.2, 0.25) is 0 Å². The lowest BCUT2D eigenvalue weighted by Gasteiger charge is -2.22. The van der Waals surface area contributed by atoms with Crippen molar-refractivity contribution >= 4 is 34.4 Å². The van der Waals surface area contributed by atoms with Gasteiger partial charge >= 0.3 is 6.09 Å². The molecule has 0 spiro atoms. The Morgan fingerprint density at radius 2 is 2.05 bits per heavy atom. The average Bonchev–Trinajstić information content (AvgIpc) is 2.22. The van der Waals surface area contributed by atoms with Gasteiger partial charge in [0.2, 0.25) is 0 Å². The molecule has 1 rings (SSSR count). The summed E-state index contributed by atoms with van der Waals surface area (Å²) >= 11 is 1.94. The van der Waals surface area contributed by atoms with E-state index in [2.05, 4.69) is 5.32 Å². The van der Waals surface area contributed by atoms with E-state index in [4.69, 9.17) is 10.5 Å². The molecular formula is C13H18FIN2O2. The van der Waals surface area contributed by atoms with Crippen molar-refractivity contribution < 1.29 is 13.9 Å². The summed E-state index contributed by atoms with van der Waals surface area (Å²) in [5.74, 6) is -0.506. The molecule has 1 unspecified atom stereocenters. The highest BCUT2D eigenvalue weighted by atomic mass is 127. The van der Waals surface area contributed by atoms with Gasteiger partial charge in [0.1, 0.15) is 11.9 Å². The first kappa shape index (κ1) is 16.0. The van der Waals surface area contributed by atoms with E-state index in [1.54, 1.807) is 13.0 Å². The summed E-state index contributed by atoms with van der Waals surface area (Å²) in [5.41, 5.74) is 5.83. The Hall–Kier alpha value is -1.05. The first-order valence-corrected chi connectivity index (χ1v) is 6.91. The van der Waals surface area contributed by atoms with Crippen molar-refractivity contribution in [2.45, 2.75) is 39.3 Å². The van der Waals surface area contributed by atoms with Gasteiger partial charge in [-0.3, -0.25) is 0 Å². The number of carbonyl (C=O) groups is 1. The Bertz CT molecular complexity index is 463. The summed E-state index contributed by atoms with van der Waals surface area (Å²) < 4.78 is 19.3. The third kappa shape index (κ3) is 4.85. The van der Waals surface area contributed by atoms with Crippen LogP contribution in [-0.4, -0.2) is 11.6 Å². The van der Waals surface area contributed by atoms with Gasteiger partial charge in [-0.25, -0.2) is 9.18 Å². The largest absolute Gasteiger partial charge is 0.442 e. The summed E-state index contributed by atoms with van der Waals surface area (Å²) in [6.45, 7) is 7.24. The summed E-state index contributed by atoms with van der Waals surface area (Å²) in [6.07, 6.45) is -1.08. The lowest BCUT2D eigenvalue weighted by molar-refractivity contribution is 0.0998. The van der Waals surface area contributed by atoms with E-state index in [1.807, 2.05) is 43.4 Å². The van der Waals surface area contributed by atoms with Crippen LogP contribution in [-0.2, 0) is 4.74 Å². The number of nitrogen functional groups attached to an aromatic ring is 1. The number of hydrogen-bond acceptors (Lipinski definition) is 3. The molecule has 6 heteroatoms. The van der Waals surface area contributed by atoms with E-state index in [-0.39, 0.29) is 11.2 Å². The molecule has 1 atom stereocenters. The van der Waals surface area contributed by atoms with Gasteiger partial charge in [-0.15, -0.1) is 0 Å². The number of nitrogens with two attached hydrogens (primary N) is 1. The summed E-state index contributed by atoms with van der Waals surface area (Å²) in [4.78, 5) is 11.6. The number of carbonyl (C=O) groups excluding carboxylic acids is 1. The number of hydrogen-bond donors (Lipinski definition) is 2. The first-order chi connectivity index (χ1) is 8.60. The predicted octanol–water partition coefficient (Wildman–Crippen LogP) is 3.60. The van der Waals surface area contributed by atoms with Crippen molar-refractivity contribution in [2.24, 2.45) is 0 Å². The van der Waals surface area contributed by atoms with Crippen molar-refractivity contribution in [1.29, 1.82) is 0 Å². The van der Waals surface area contributed by atoms with Crippen LogP contribution in [0, 0.1) is 9.39 Å². The minimum Gasteiger partial charge on any atom is -0.442 e. The third-order valence-electron chi connectivity index (χ3n) is 2.33. The molecule has 1 aromatic carbocycles. The monoisotopic (exact) mass is 380 g/mol. The summed E-state index contributed by atoms with van der Waals surface area (Å²) in [7, 11) is 0. The van der Waals surface area contributed by atoms with E-state index in [1.165, 1.54) is 6.07 Å². The highest BCUT2D eigenvalue weighted by Crippen LogP contribution is 2.26. The number of halogens is 2. The van der Waals surface area contributed by atoms with E-state index in [9.17, 15) is 9.18 Å². The second-order valence-electron chi connectivity index (χ2n) is 5.32. The Morgan fingerprint density at radius 1 is 1.47 bits per heavy atom. The molecule has 106 valence electrons. The van der Waals surface area contributed by atoms with Crippen LogP contribution in [0.15, 0.2) is 12.1 Å². The van der Waals surface area contributed by atoms with Crippen molar-refractivity contribution in [1.82, 2.24) is 5.32 Å². The molecule has 1 amide bonds. The number of rotatable bonds is 2. The fourth-order valence-corrected chi connectivity index (χ4v) is 2.02. The first-order valence-electron chi connectivity index (χ1n) is 5.83. The van der Waals surface area contributed by atoms with Crippen molar-refractivity contribution in [2.75, 3.05) is 5.73 Å². The van der Waals surface area contributed by atoms with Gasteiger partial charge in [-0.2, -0.15) is 0 Å². The number of amides is 1. The molecule has 3 N–H and O–H groups in total. The molecule has 0 heterocycles. The lowest BCUT2D eigenvalue weighted by Crippen LogP contribution is -2.41. The van der Waals surface area contributed by atoms with Gasteiger partial charge in [-0.1, -0.05) is 0 Å². The van der Waals surface area contributed by atoms with E-state index < -0.39 is 18.0 Å². The molecule has 19 heavy (non-hydrogen) atoms. The van der Waals surface area contributed by atoms with Gasteiger partial charge in [0.25, 0.3) is 0 Å². The second-order valence-corrected chi connectivity index (χ2v) is 6.48. The van der Waals surface area contributed by atoms with Crippen LogP contribution < -0.4 is 11.1 Å². The SMILES string of the molecule is CC(OC(=O)NC(C)(C)C)c1cc(F)c(N)c(I)c1. The van der Waals surface area contributed by atoms with Gasteiger partial charge in [0.05, 0.1) is 5.69 Å². The molecule has 1 aromatic rings. The van der Waals surface area contributed by atoms with Crippen LogP contribution in [0.25, 0.3) is 0 Å². The Labute approximate surface area is 126 Å². The van der Waals surface area contributed by atoms with Crippen molar-refractivity contribution in [3.63, 3.8) is 0 Å². The molecule has 0 saturated carbocycles. The quantitative estimate of drug-likeness (QED) is 0.609. The van der Waals surface area contributed by atoms with E-state index in [0.717, 1.165) is 0 Å². The number of alkyl carbamates (subject to hydrolysis) is 1. The molecule has 0 aliphatic heterocycles. The van der Waals surface area contributed by atoms with Gasteiger partial charge in [0.15, 0.2) is 0 Å². The molecule has 4 nitrogen and oxygen atoms in total. The summed E-state index contributed by atoms with van der Waals surface area (Å²) in [5, 5.41) is 2.68. The number of benzene rings is 1. The van der Waals surface area contributed by atoms with Crippen molar-refractivity contribution in [3.05, 3.63) is 27.1 Å². The van der Waals surface area contributed by atoms with Gasteiger partial charge in [-0.05, 0) is 68.0 Å². The van der Waals surface area contributed by atoms with E-state index >= 15 is 0 Å². The second kappa shape index (κ2) is 5.94. The fourth-order valence-electron chi connectivity index (χ4n) is 1.40. The maximum absolute atomic E-state index is 13.5. The minimum absolute atomic E-state index is 0.107. The molecular weight excluding hydrogens is 362 g/mol. The Kier molecular flexibility index (Phi) is 5.00. The standard InChI is InChI=1S/C13H18FIN2O2/c1-7(19-12(18)17-13(2,3)4)8-5-9(14)11(16)10(15)6-8/h5-7H,16H2,1-4H3,(H,17,18). The van der Waals surface area contributed by atoms with Gasteiger partial charge in [0, 0.05) is 9.11 Å². The number of anilines is 1. The molecule has 0 fully saturated rings. The van der Waals surface area contributed by atoms with Crippen LogP contribution in [0.5, 0.6) is 0 Å². The maximum atomic E-state index is 13.5. The smallest absolute Gasteiger partial charge is 0.408 e. The zero-order chi connectivity index (χ0) is 14.8. The molecule has 0 bridgehead atoms. The maximum Gasteiger partial charge on any atom is 0.408 e. The van der Waals surface area contributed by atoms with Crippen LogP contribution in [0.4, 0.5) is 14.9 Å². The molecule has 0 saturated heterocycles. The molecule has 0 aromatic heterocycles. The van der Waals surface area contributed by atoms with Gasteiger partial charge < -0.3 is 15.8 Å². The third-order valence-corrected chi connectivity index (χ3v) is 3.22. The summed E-state index contributed by atoms with van der Waals surface area (Å²) in [6, 6.07) is 2.99. The van der Waals surface area contributed by atoms with Crippen LogP contribution in [0.1, 0.15) is 39.4 Å². The van der Waals surface area contributed by atoms with E-state index in [0.29, 0.717) is 9.13 Å². The highest BCUT2D eigenvalue weighted by molar-refractivity contribution is 14.1. The normalized spacial score (nSPS) is 12.9. The fraction of sp³-hybridized carbons (Fsp3) is 0.462. The number of nitrogens with one attached hydrogen (secondary N) is 1. The highest BCUT2D eigenvalue weighted by Gasteiger charge is 2.19. The number of ether oxygens (including phenoxy) is 1.